The second-order valence-electron chi connectivity index (χ2n) is 1.14. The molecule has 0 amide bonds. The van der Waals surface area contributed by atoms with E-state index in [1.54, 1.807) is 0 Å². The maximum Gasteiger partial charge on any atom is 0.330 e. The Balaban J connectivity index is 3.91. The first-order valence-corrected chi connectivity index (χ1v) is 5.36. The zero-order valence-electron chi connectivity index (χ0n) is 3.70. The van der Waals surface area contributed by atoms with E-state index in [0.29, 0.717) is 4.43 Å². The molecule has 8 heavy (non-hydrogen) atoms. The molecule has 0 spiro atoms. The van der Waals surface area contributed by atoms with Gasteiger partial charge in [0.2, 0.25) is 0 Å². The van der Waals surface area contributed by atoms with E-state index in [4.69, 9.17) is 5.11 Å². The highest BCUT2D eigenvalue weighted by Gasteiger charge is 2.29. The van der Waals surface area contributed by atoms with Crippen LogP contribution in [0.1, 0.15) is 0 Å². The van der Waals surface area contributed by atoms with E-state index < -0.39 is 7.40 Å². The van der Waals surface area contributed by atoms with Crippen LogP contribution in [-0.4, -0.2) is 16.9 Å². The number of halogens is 3. The van der Waals surface area contributed by atoms with Gasteiger partial charge in [-0.15, -0.1) is 0 Å². The average molecular weight is 452 g/mol. The largest absolute Gasteiger partial charge is 0.480 e. The van der Waals surface area contributed by atoms with Crippen molar-refractivity contribution in [3.63, 3.8) is 0 Å². The smallest absolute Gasteiger partial charge is 0.330 e. The third-order valence-corrected chi connectivity index (χ3v) is 6.23. The molecular weight excluding hydrogens is 449 g/mol. The SMILES string of the molecule is O=C(O)C(I)(I)CI. The van der Waals surface area contributed by atoms with Gasteiger partial charge in [0.05, 0.1) is 0 Å². The molecule has 1 N–H and O–H groups in total. The predicted octanol–water partition coefficient (Wildman–Crippen LogP) is 2.07. The van der Waals surface area contributed by atoms with Crippen LogP contribution >= 0.6 is 67.8 Å². The Kier molecular flexibility index (Phi) is 4.51. The van der Waals surface area contributed by atoms with Crippen LogP contribution in [0.25, 0.3) is 0 Å². The standard InChI is InChI=1S/C3H3I3O2/c4-1-3(5,6)2(7)8/h1H2,(H,7,8). The molecule has 0 saturated heterocycles. The number of hydrogen-bond acceptors (Lipinski definition) is 1. The third-order valence-electron chi connectivity index (χ3n) is 0.481. The van der Waals surface area contributed by atoms with Gasteiger partial charge in [-0.2, -0.15) is 0 Å². The van der Waals surface area contributed by atoms with E-state index in [1.807, 2.05) is 67.8 Å². The summed E-state index contributed by atoms with van der Waals surface area (Å²) in [7, 11) is 0. The van der Waals surface area contributed by atoms with E-state index in [9.17, 15) is 4.79 Å². The van der Waals surface area contributed by atoms with E-state index in [2.05, 4.69) is 0 Å². The van der Waals surface area contributed by atoms with Crippen LogP contribution in [0, 0.1) is 0 Å². The van der Waals surface area contributed by atoms with Gasteiger partial charge < -0.3 is 5.11 Å². The summed E-state index contributed by atoms with van der Waals surface area (Å²) < 4.78 is 0.0112. The van der Waals surface area contributed by atoms with E-state index in [0.717, 1.165) is 0 Å². The Hall–Kier alpha value is 1.66. The van der Waals surface area contributed by atoms with Crippen molar-refractivity contribution in [2.45, 2.75) is 1.43 Å². The minimum absolute atomic E-state index is 0.615. The highest BCUT2D eigenvalue weighted by atomic mass is 127. The Bertz CT molecular complexity index is 101. The Morgan fingerprint density at radius 2 is 2.00 bits per heavy atom. The molecule has 0 aromatic heterocycles. The number of carboxylic acids is 1. The first-order valence-electron chi connectivity index (χ1n) is 1.68. The summed E-state index contributed by atoms with van der Waals surface area (Å²) in [5.41, 5.74) is 0. The minimum atomic E-state index is -0.756. The molecule has 0 aromatic carbocycles. The van der Waals surface area contributed by atoms with Crippen LogP contribution in [-0.2, 0) is 4.79 Å². The lowest BCUT2D eigenvalue weighted by molar-refractivity contribution is -0.135. The highest BCUT2D eigenvalue weighted by Crippen LogP contribution is 2.29. The van der Waals surface area contributed by atoms with Gasteiger partial charge in [0, 0.05) is 4.43 Å². The number of carbonyl (C=O) groups is 1. The van der Waals surface area contributed by atoms with Gasteiger partial charge in [0.25, 0.3) is 0 Å². The van der Waals surface area contributed by atoms with Gasteiger partial charge in [-0.1, -0.05) is 67.8 Å². The zero-order chi connectivity index (χ0) is 6.78. The van der Waals surface area contributed by atoms with Crippen molar-refractivity contribution in [1.29, 1.82) is 0 Å². The number of alkyl halides is 3. The monoisotopic (exact) mass is 452 g/mol. The number of hydrogen-bond donors (Lipinski definition) is 1. The molecule has 0 radical (unpaired) electrons. The molecule has 0 heterocycles. The van der Waals surface area contributed by atoms with Gasteiger partial charge in [-0.05, 0) is 0 Å². The van der Waals surface area contributed by atoms with Crippen LogP contribution in [0.15, 0.2) is 0 Å². The van der Waals surface area contributed by atoms with E-state index >= 15 is 0 Å². The van der Waals surface area contributed by atoms with E-state index in [1.165, 1.54) is 0 Å². The second kappa shape index (κ2) is 3.74. The quantitative estimate of drug-likeness (QED) is 0.516. The van der Waals surface area contributed by atoms with Crippen molar-refractivity contribution in [2.24, 2.45) is 0 Å². The summed E-state index contributed by atoms with van der Waals surface area (Å²) in [4.78, 5) is 10.2. The predicted molar refractivity (Wildman–Crippen MR) is 57.3 cm³/mol. The normalized spacial score (nSPS) is 11.4. The topological polar surface area (TPSA) is 37.3 Å². The molecule has 5 heteroatoms. The Morgan fingerprint density at radius 3 is 2.00 bits per heavy atom. The second-order valence-corrected chi connectivity index (χ2v) is 7.65. The summed E-state index contributed by atoms with van der Waals surface area (Å²) >= 11 is 5.87. The molecule has 0 aliphatic heterocycles. The molecular formula is C3H3I3O2. The van der Waals surface area contributed by atoms with Crippen LogP contribution < -0.4 is 0 Å². The van der Waals surface area contributed by atoms with Gasteiger partial charge in [0.15, 0.2) is 1.43 Å². The maximum atomic E-state index is 10.2. The molecule has 48 valence electrons. The number of rotatable bonds is 2. The zero-order valence-corrected chi connectivity index (χ0v) is 10.2. The summed E-state index contributed by atoms with van der Waals surface area (Å²) in [6, 6.07) is 0. The number of carboxylic acid groups (broad SMARTS) is 1. The fourth-order valence-corrected chi connectivity index (χ4v) is 0.383. The van der Waals surface area contributed by atoms with Crippen molar-refractivity contribution >= 4 is 73.7 Å². The fourth-order valence-electron chi connectivity index (χ4n) is 0.0572. The first-order chi connectivity index (χ1) is 3.50. The molecule has 2 nitrogen and oxygen atoms in total. The van der Waals surface area contributed by atoms with Crippen molar-refractivity contribution in [2.75, 3.05) is 4.43 Å². The lowest BCUT2D eigenvalue weighted by Gasteiger charge is -2.08. The van der Waals surface area contributed by atoms with Crippen molar-refractivity contribution in [1.82, 2.24) is 0 Å². The lowest BCUT2D eigenvalue weighted by Crippen LogP contribution is -2.24. The summed E-state index contributed by atoms with van der Waals surface area (Å²) in [5.74, 6) is -0.756. The van der Waals surface area contributed by atoms with Gasteiger partial charge in [0.1, 0.15) is 0 Å². The summed E-state index contributed by atoms with van der Waals surface area (Å²) in [5, 5.41) is 8.42. The van der Waals surface area contributed by atoms with E-state index in [-0.39, 0.29) is 0 Å². The lowest BCUT2D eigenvalue weighted by atomic mass is 10.5. The number of aliphatic carboxylic acids is 1. The molecule has 0 aliphatic carbocycles. The maximum absolute atomic E-state index is 10.2. The minimum Gasteiger partial charge on any atom is -0.480 e. The Labute approximate surface area is 88.2 Å². The van der Waals surface area contributed by atoms with Gasteiger partial charge >= 0.3 is 5.97 Å². The molecule has 0 saturated carbocycles. The molecule has 0 bridgehead atoms. The molecule has 0 fully saturated rings. The molecule has 0 atom stereocenters. The fraction of sp³-hybridized carbons (Fsp3) is 0.667. The Morgan fingerprint density at radius 1 is 1.62 bits per heavy atom. The summed E-state index contributed by atoms with van der Waals surface area (Å²) in [6.07, 6.45) is 0. The van der Waals surface area contributed by atoms with Gasteiger partial charge in [-0.25, -0.2) is 4.79 Å². The molecule has 0 aromatic rings. The molecule has 0 aliphatic rings. The molecule has 0 unspecified atom stereocenters. The van der Waals surface area contributed by atoms with Crippen molar-refractivity contribution < 1.29 is 9.90 Å². The molecule has 0 rings (SSSR count). The average Bonchev–Trinajstić information content (AvgIpc) is 1.67. The van der Waals surface area contributed by atoms with Crippen LogP contribution in [0.2, 0.25) is 0 Å². The first kappa shape index (κ1) is 9.66. The van der Waals surface area contributed by atoms with Crippen LogP contribution in [0.5, 0.6) is 0 Å². The van der Waals surface area contributed by atoms with Gasteiger partial charge in [-0.3, -0.25) is 0 Å². The third kappa shape index (κ3) is 2.99. The van der Waals surface area contributed by atoms with Crippen molar-refractivity contribution in [3.05, 3.63) is 0 Å². The van der Waals surface area contributed by atoms with Crippen molar-refractivity contribution in [3.8, 4) is 0 Å². The summed E-state index contributed by atoms with van der Waals surface area (Å²) in [6.45, 7) is 0. The highest BCUT2D eigenvalue weighted by molar-refractivity contribution is 14.2. The van der Waals surface area contributed by atoms with Crippen LogP contribution in [0.4, 0.5) is 0 Å². The van der Waals surface area contributed by atoms with Crippen LogP contribution in [0.3, 0.4) is 0 Å².